The molecule has 0 bridgehead atoms. The average molecular weight is 465 g/mol. The summed E-state index contributed by atoms with van der Waals surface area (Å²) in [6.45, 7) is 2.67. The van der Waals surface area contributed by atoms with Crippen LogP contribution in [-0.4, -0.2) is 57.3 Å². The van der Waals surface area contributed by atoms with Crippen molar-refractivity contribution in [2.45, 2.75) is 25.3 Å². The van der Waals surface area contributed by atoms with E-state index < -0.39 is 27.7 Å². The third-order valence-electron chi connectivity index (χ3n) is 6.00. The molecule has 0 spiro atoms. The summed E-state index contributed by atoms with van der Waals surface area (Å²) in [6, 6.07) is 10.3. The lowest BCUT2D eigenvalue weighted by Crippen LogP contribution is -2.47. The topological polar surface area (TPSA) is 75.7 Å². The zero-order valence-corrected chi connectivity index (χ0v) is 18.6. The predicted octanol–water partition coefficient (Wildman–Crippen LogP) is 2.90. The molecule has 1 heterocycles. The first-order valence-electron chi connectivity index (χ1n) is 10.7. The molecule has 1 saturated carbocycles. The molecule has 32 heavy (non-hydrogen) atoms. The molecule has 4 rings (SSSR count). The average Bonchev–Trinajstić information content (AvgIpc) is 3.58. The fraction of sp³-hybridized carbons (Fsp3) is 0.435. The summed E-state index contributed by atoms with van der Waals surface area (Å²) in [5.74, 6) is -1.88. The van der Waals surface area contributed by atoms with E-state index in [-0.39, 0.29) is 42.2 Å². The highest BCUT2D eigenvalue weighted by atomic mass is 32.2. The Labute approximate surface area is 186 Å². The normalized spacial score (nSPS) is 23.6. The summed E-state index contributed by atoms with van der Waals surface area (Å²) in [6.07, 6.45) is 0.578. The first-order valence-corrected chi connectivity index (χ1v) is 12.4. The number of nitrogens with zero attached hydrogens (tertiary/aromatic N) is 1. The fourth-order valence-electron chi connectivity index (χ4n) is 4.27. The smallest absolute Gasteiger partial charge is 0.226 e. The molecule has 2 aliphatic rings. The second kappa shape index (κ2) is 9.25. The Kier molecular flexibility index (Phi) is 6.60. The van der Waals surface area contributed by atoms with Crippen molar-refractivity contribution in [1.29, 1.82) is 0 Å². The summed E-state index contributed by atoms with van der Waals surface area (Å²) in [5, 5.41) is 0. The molecular weight excluding hydrogens is 438 g/mol. The summed E-state index contributed by atoms with van der Waals surface area (Å²) < 4.78 is 60.8. The maximum atomic E-state index is 14.4. The molecule has 6 nitrogen and oxygen atoms in total. The van der Waals surface area contributed by atoms with Crippen molar-refractivity contribution in [2.75, 3.05) is 32.1 Å². The summed E-state index contributed by atoms with van der Waals surface area (Å²) >= 11 is 0. The molecule has 1 amide bonds. The van der Waals surface area contributed by atoms with Crippen LogP contribution in [0.2, 0.25) is 0 Å². The molecule has 2 aromatic rings. The maximum Gasteiger partial charge on any atom is 0.226 e. The van der Waals surface area contributed by atoms with E-state index in [0.29, 0.717) is 25.1 Å². The highest BCUT2D eigenvalue weighted by molar-refractivity contribution is 7.89. The molecule has 0 aromatic heterocycles. The minimum absolute atomic E-state index is 0.0501. The van der Waals surface area contributed by atoms with E-state index in [0.717, 1.165) is 5.56 Å². The van der Waals surface area contributed by atoms with Crippen molar-refractivity contribution in [3.8, 4) is 11.1 Å². The van der Waals surface area contributed by atoms with Gasteiger partial charge >= 0.3 is 0 Å². The second-order valence-electron chi connectivity index (χ2n) is 8.21. The molecular formula is C23H26F2N2O4S. The molecule has 2 aromatic carbocycles. The van der Waals surface area contributed by atoms with E-state index in [1.807, 2.05) is 6.07 Å². The van der Waals surface area contributed by atoms with Crippen LogP contribution in [0.5, 0.6) is 0 Å². The van der Waals surface area contributed by atoms with E-state index in [1.54, 1.807) is 30.0 Å². The number of amides is 1. The Balaban J connectivity index is 1.52. The fourth-order valence-corrected chi connectivity index (χ4v) is 5.09. The van der Waals surface area contributed by atoms with E-state index in [2.05, 4.69) is 4.72 Å². The molecule has 9 heteroatoms. The number of sulfonamides is 1. The highest BCUT2D eigenvalue weighted by Gasteiger charge is 2.47. The number of rotatable bonds is 6. The maximum absolute atomic E-state index is 14.4. The number of carbonyl (C=O) groups is 1. The zero-order valence-electron chi connectivity index (χ0n) is 17.8. The molecule has 1 unspecified atom stereocenters. The van der Waals surface area contributed by atoms with Crippen LogP contribution in [0.25, 0.3) is 11.1 Å². The van der Waals surface area contributed by atoms with Gasteiger partial charge in [0.05, 0.1) is 30.6 Å². The van der Waals surface area contributed by atoms with Gasteiger partial charge in [-0.1, -0.05) is 30.3 Å². The summed E-state index contributed by atoms with van der Waals surface area (Å²) in [4.78, 5) is 14.8. The lowest BCUT2D eigenvalue weighted by Gasteiger charge is -2.24. The van der Waals surface area contributed by atoms with E-state index in [4.69, 9.17) is 4.74 Å². The van der Waals surface area contributed by atoms with Crippen LogP contribution in [0.3, 0.4) is 0 Å². The van der Waals surface area contributed by atoms with Gasteiger partial charge in [-0.25, -0.2) is 21.9 Å². The Morgan fingerprint density at radius 3 is 2.59 bits per heavy atom. The van der Waals surface area contributed by atoms with Gasteiger partial charge in [-0.2, -0.15) is 0 Å². The Hall–Kier alpha value is -2.36. The standard InChI is InChI=1S/C23H26F2N2O4S/c1-2-32(29,30)26-15-13-27(10-11-31-14-15)23(28)19-12-18(19)16-6-3-4-7-17(16)22-20(24)8-5-9-21(22)25/h3-9,15,18-19,26H,2,10-14H2,1H3/t15?,18-,19+/m0/s1. The highest BCUT2D eigenvalue weighted by Crippen LogP contribution is 2.51. The number of halogens is 2. The van der Waals surface area contributed by atoms with Crippen molar-refractivity contribution < 1.29 is 26.7 Å². The van der Waals surface area contributed by atoms with Crippen molar-refractivity contribution in [1.82, 2.24) is 9.62 Å². The van der Waals surface area contributed by atoms with Crippen LogP contribution >= 0.6 is 0 Å². The van der Waals surface area contributed by atoms with Crippen LogP contribution in [-0.2, 0) is 19.6 Å². The Morgan fingerprint density at radius 1 is 1.16 bits per heavy atom. The lowest BCUT2D eigenvalue weighted by atomic mass is 9.95. The van der Waals surface area contributed by atoms with Gasteiger partial charge in [-0.05, 0) is 42.5 Å². The molecule has 1 N–H and O–H groups in total. The Bertz CT molecular complexity index is 1090. The molecule has 172 valence electrons. The lowest BCUT2D eigenvalue weighted by molar-refractivity contribution is -0.132. The minimum Gasteiger partial charge on any atom is -0.378 e. The van der Waals surface area contributed by atoms with Gasteiger partial charge in [0.1, 0.15) is 11.6 Å². The van der Waals surface area contributed by atoms with Crippen molar-refractivity contribution in [2.24, 2.45) is 5.92 Å². The number of hydrogen-bond acceptors (Lipinski definition) is 4. The largest absolute Gasteiger partial charge is 0.378 e. The number of nitrogens with one attached hydrogen (secondary N) is 1. The van der Waals surface area contributed by atoms with Crippen LogP contribution in [0, 0.1) is 17.6 Å². The van der Waals surface area contributed by atoms with Crippen LogP contribution in [0.1, 0.15) is 24.8 Å². The van der Waals surface area contributed by atoms with Crippen molar-refractivity contribution >= 4 is 15.9 Å². The molecule has 1 aliphatic carbocycles. The molecule has 0 radical (unpaired) electrons. The molecule has 3 atom stereocenters. The number of carbonyl (C=O) groups excluding carboxylic acids is 1. The van der Waals surface area contributed by atoms with Gasteiger partial charge in [0, 0.05) is 19.0 Å². The molecule has 2 fully saturated rings. The van der Waals surface area contributed by atoms with Gasteiger partial charge in [0.2, 0.25) is 15.9 Å². The van der Waals surface area contributed by atoms with Gasteiger partial charge in [-0.15, -0.1) is 0 Å². The summed E-state index contributed by atoms with van der Waals surface area (Å²) in [5.41, 5.74) is 1.11. The van der Waals surface area contributed by atoms with Crippen LogP contribution < -0.4 is 4.72 Å². The number of hydrogen-bond donors (Lipinski definition) is 1. The van der Waals surface area contributed by atoms with E-state index in [1.165, 1.54) is 18.2 Å². The molecule has 1 aliphatic heterocycles. The molecule has 1 saturated heterocycles. The number of ether oxygens (including phenoxy) is 1. The quantitative estimate of drug-likeness (QED) is 0.713. The zero-order chi connectivity index (χ0) is 22.9. The van der Waals surface area contributed by atoms with E-state index >= 15 is 0 Å². The minimum atomic E-state index is -3.43. The van der Waals surface area contributed by atoms with Crippen LogP contribution in [0.4, 0.5) is 8.78 Å². The third-order valence-corrected chi connectivity index (χ3v) is 7.46. The Morgan fingerprint density at radius 2 is 1.88 bits per heavy atom. The monoisotopic (exact) mass is 464 g/mol. The summed E-state index contributed by atoms with van der Waals surface area (Å²) in [7, 11) is -3.43. The van der Waals surface area contributed by atoms with Gasteiger partial charge in [0.15, 0.2) is 0 Å². The second-order valence-corrected chi connectivity index (χ2v) is 10.3. The van der Waals surface area contributed by atoms with Crippen LogP contribution in [0.15, 0.2) is 42.5 Å². The predicted molar refractivity (Wildman–Crippen MR) is 116 cm³/mol. The van der Waals surface area contributed by atoms with Gasteiger partial charge in [-0.3, -0.25) is 4.79 Å². The van der Waals surface area contributed by atoms with E-state index in [9.17, 15) is 22.0 Å². The first-order chi connectivity index (χ1) is 15.3. The SMILES string of the molecule is CCS(=O)(=O)NC1COCCN(C(=O)[C@@H]2C[C@H]2c2ccccc2-c2c(F)cccc2F)C1. The third kappa shape index (κ3) is 4.84. The van der Waals surface area contributed by atoms with Crippen molar-refractivity contribution in [3.05, 3.63) is 59.7 Å². The first kappa shape index (κ1) is 22.8. The van der Waals surface area contributed by atoms with Gasteiger partial charge in [0.25, 0.3) is 0 Å². The van der Waals surface area contributed by atoms with Gasteiger partial charge < -0.3 is 9.64 Å². The van der Waals surface area contributed by atoms with Crippen molar-refractivity contribution in [3.63, 3.8) is 0 Å². The number of benzene rings is 2.